The summed E-state index contributed by atoms with van der Waals surface area (Å²) in [6, 6.07) is 10.2. The van der Waals surface area contributed by atoms with Crippen LogP contribution in [0.1, 0.15) is 40.9 Å². The number of hydrogen-bond donors (Lipinski definition) is 4. The standard InChI is InChI=1S/C26H31FN4O4S/c1-35-24-6-2-5-22(27)21(24)16-31-11-3-4-19(15-31)28-26(32)18-7-8-23-20(14-18)25(30-29-23)17-9-12-36(33,34)13-10-17/h2,5-9,14,19,33-34H,3-4,10-13,15-16H2,1H3,(H,28,32)(H,29,30)/t19-/m1/s1. The Morgan fingerprint density at radius 1 is 1.33 bits per heavy atom. The van der Waals surface area contributed by atoms with Crippen molar-refractivity contribution in [1.29, 1.82) is 0 Å². The van der Waals surface area contributed by atoms with E-state index >= 15 is 0 Å². The van der Waals surface area contributed by atoms with Crippen molar-refractivity contribution >= 4 is 33.0 Å². The second kappa shape index (κ2) is 10.2. The van der Waals surface area contributed by atoms with E-state index in [0.29, 0.717) is 42.1 Å². The van der Waals surface area contributed by atoms with Gasteiger partial charge in [0, 0.05) is 41.4 Å². The molecule has 0 aliphatic carbocycles. The first-order valence-corrected chi connectivity index (χ1v) is 14.0. The van der Waals surface area contributed by atoms with Gasteiger partial charge in [0.05, 0.1) is 24.1 Å². The molecule has 36 heavy (non-hydrogen) atoms. The minimum Gasteiger partial charge on any atom is -0.496 e. The van der Waals surface area contributed by atoms with E-state index in [-0.39, 0.29) is 23.5 Å². The predicted molar refractivity (Wildman–Crippen MR) is 140 cm³/mol. The highest BCUT2D eigenvalue weighted by Crippen LogP contribution is 2.45. The van der Waals surface area contributed by atoms with Gasteiger partial charge in [-0.25, -0.2) is 4.39 Å². The van der Waals surface area contributed by atoms with Crippen molar-refractivity contribution in [3.63, 3.8) is 0 Å². The summed E-state index contributed by atoms with van der Waals surface area (Å²) in [5, 5.41) is 11.4. The van der Waals surface area contributed by atoms with Gasteiger partial charge < -0.3 is 10.1 Å². The number of fused-ring (bicyclic) bond motifs is 1. The van der Waals surface area contributed by atoms with E-state index < -0.39 is 10.6 Å². The number of allylic oxidation sites excluding steroid dienone is 1. The number of benzene rings is 2. The lowest BCUT2D eigenvalue weighted by atomic mass is 10.0. The van der Waals surface area contributed by atoms with Crippen LogP contribution in [0, 0.1) is 5.82 Å². The number of H-pyrrole nitrogens is 1. The largest absolute Gasteiger partial charge is 0.496 e. The number of rotatable bonds is 6. The molecule has 5 rings (SSSR count). The zero-order valence-electron chi connectivity index (χ0n) is 20.2. The molecule has 192 valence electrons. The number of nitrogens with zero attached hydrogens (tertiary/aromatic N) is 2. The lowest BCUT2D eigenvalue weighted by Gasteiger charge is -2.34. The number of likely N-dealkylation sites (tertiary alicyclic amines) is 1. The van der Waals surface area contributed by atoms with E-state index in [9.17, 15) is 18.3 Å². The van der Waals surface area contributed by atoms with Gasteiger partial charge >= 0.3 is 0 Å². The summed E-state index contributed by atoms with van der Waals surface area (Å²) in [6.45, 7) is 1.88. The number of nitrogens with one attached hydrogen (secondary N) is 2. The summed E-state index contributed by atoms with van der Waals surface area (Å²) in [5.41, 5.74) is 3.60. The molecule has 0 spiro atoms. The van der Waals surface area contributed by atoms with E-state index in [1.54, 1.807) is 18.2 Å². The van der Waals surface area contributed by atoms with Crippen LogP contribution in [0.4, 0.5) is 4.39 Å². The molecule has 2 aliphatic heterocycles. The third-order valence-corrected chi connectivity index (χ3v) is 8.50. The van der Waals surface area contributed by atoms with Crippen LogP contribution < -0.4 is 10.1 Å². The fourth-order valence-corrected chi connectivity index (χ4v) is 6.18. The van der Waals surface area contributed by atoms with Gasteiger partial charge in [-0.15, -0.1) is 0 Å². The molecule has 8 nitrogen and oxygen atoms in total. The van der Waals surface area contributed by atoms with Gasteiger partial charge in [0.25, 0.3) is 5.91 Å². The molecule has 10 heteroatoms. The van der Waals surface area contributed by atoms with Crippen molar-refractivity contribution < 1.29 is 23.0 Å². The van der Waals surface area contributed by atoms with Gasteiger partial charge in [0.15, 0.2) is 0 Å². The summed E-state index contributed by atoms with van der Waals surface area (Å²) >= 11 is 0. The summed E-state index contributed by atoms with van der Waals surface area (Å²) < 4.78 is 39.6. The number of hydrogen-bond acceptors (Lipinski definition) is 6. The number of methoxy groups -OCH3 is 1. The molecular formula is C26H31FN4O4S. The highest BCUT2D eigenvalue weighted by atomic mass is 32.3. The average Bonchev–Trinajstić information content (AvgIpc) is 3.29. The normalized spacial score (nSPS) is 21.1. The van der Waals surface area contributed by atoms with E-state index in [1.165, 1.54) is 13.2 Å². The van der Waals surface area contributed by atoms with Crippen molar-refractivity contribution in [3.05, 3.63) is 65.1 Å². The average molecular weight is 515 g/mol. The van der Waals surface area contributed by atoms with Crippen LogP contribution in [0.25, 0.3) is 16.5 Å². The quantitative estimate of drug-likeness (QED) is 0.381. The molecule has 0 saturated carbocycles. The van der Waals surface area contributed by atoms with E-state index in [0.717, 1.165) is 41.6 Å². The number of aromatic amines is 1. The molecule has 1 atom stereocenters. The number of halogens is 1. The second-order valence-electron chi connectivity index (χ2n) is 9.45. The van der Waals surface area contributed by atoms with Crippen molar-refractivity contribution in [2.24, 2.45) is 0 Å². The van der Waals surface area contributed by atoms with Gasteiger partial charge in [0.1, 0.15) is 11.6 Å². The molecular weight excluding hydrogens is 483 g/mol. The van der Waals surface area contributed by atoms with Gasteiger partial charge in [-0.1, -0.05) is 12.1 Å². The minimum atomic E-state index is -2.54. The van der Waals surface area contributed by atoms with Gasteiger partial charge in [0.2, 0.25) is 0 Å². The molecule has 2 aromatic carbocycles. The Balaban J connectivity index is 1.28. The van der Waals surface area contributed by atoms with Crippen molar-refractivity contribution in [1.82, 2.24) is 20.4 Å². The monoisotopic (exact) mass is 514 g/mol. The number of carbonyl (C=O) groups is 1. The lowest BCUT2D eigenvalue weighted by Crippen LogP contribution is -2.47. The molecule has 4 N–H and O–H groups in total. The Bertz CT molecular complexity index is 1310. The van der Waals surface area contributed by atoms with Crippen LogP contribution in [0.15, 0.2) is 42.5 Å². The number of amides is 1. The van der Waals surface area contributed by atoms with E-state index in [4.69, 9.17) is 4.74 Å². The molecule has 1 amide bonds. The Labute approximate surface area is 210 Å². The zero-order valence-corrected chi connectivity index (χ0v) is 21.0. The first kappa shape index (κ1) is 24.8. The molecule has 3 aromatic rings. The van der Waals surface area contributed by atoms with Crippen LogP contribution in [0.2, 0.25) is 0 Å². The van der Waals surface area contributed by atoms with Gasteiger partial charge in [-0.2, -0.15) is 15.7 Å². The van der Waals surface area contributed by atoms with Crippen LogP contribution >= 0.6 is 10.6 Å². The Morgan fingerprint density at radius 3 is 2.97 bits per heavy atom. The number of ether oxygens (including phenoxy) is 1. The van der Waals surface area contributed by atoms with Gasteiger partial charge in [-0.3, -0.25) is 23.9 Å². The summed E-state index contributed by atoms with van der Waals surface area (Å²) in [5.74, 6) is 0.635. The Morgan fingerprint density at radius 2 is 2.19 bits per heavy atom. The van der Waals surface area contributed by atoms with Crippen LogP contribution in [0.3, 0.4) is 0 Å². The maximum absolute atomic E-state index is 14.4. The SMILES string of the molecule is COc1cccc(F)c1CN1CCC[C@@H](NC(=O)c2ccc3[nH]nc(C4=CCS(O)(O)CC4)c3c2)C1. The summed E-state index contributed by atoms with van der Waals surface area (Å²) in [6.07, 6.45) is 4.13. The number of piperidine rings is 1. The minimum absolute atomic E-state index is 0.0465. The third kappa shape index (κ3) is 5.27. The molecule has 1 fully saturated rings. The van der Waals surface area contributed by atoms with E-state index in [2.05, 4.69) is 20.4 Å². The first-order chi connectivity index (χ1) is 17.3. The molecule has 3 heterocycles. The number of carbonyl (C=O) groups excluding carboxylic acids is 1. The zero-order chi connectivity index (χ0) is 25.3. The molecule has 0 radical (unpaired) electrons. The molecule has 1 saturated heterocycles. The maximum atomic E-state index is 14.4. The van der Waals surface area contributed by atoms with E-state index in [1.807, 2.05) is 18.2 Å². The molecule has 1 aromatic heterocycles. The Hall–Kier alpha value is -2.92. The lowest BCUT2D eigenvalue weighted by molar-refractivity contribution is 0.0899. The highest BCUT2D eigenvalue weighted by molar-refractivity contribution is 8.24. The summed E-state index contributed by atoms with van der Waals surface area (Å²) in [4.78, 5) is 15.3. The highest BCUT2D eigenvalue weighted by Gasteiger charge is 2.25. The maximum Gasteiger partial charge on any atom is 0.251 e. The third-order valence-electron chi connectivity index (χ3n) is 6.94. The van der Waals surface area contributed by atoms with Crippen LogP contribution in [-0.2, 0) is 6.54 Å². The molecule has 0 bridgehead atoms. The van der Waals surface area contributed by atoms with Gasteiger partial charge in [-0.05, 0) is 61.7 Å². The molecule has 0 unspecified atom stereocenters. The predicted octanol–water partition coefficient (Wildman–Crippen LogP) is 4.64. The van der Waals surface area contributed by atoms with Crippen LogP contribution in [0.5, 0.6) is 5.75 Å². The van der Waals surface area contributed by atoms with Crippen molar-refractivity contribution in [2.45, 2.75) is 31.8 Å². The second-order valence-corrected chi connectivity index (χ2v) is 11.8. The van der Waals surface area contributed by atoms with Crippen molar-refractivity contribution in [2.75, 3.05) is 31.7 Å². The first-order valence-electron chi connectivity index (χ1n) is 12.1. The Kier molecular flexibility index (Phi) is 7.03. The van der Waals surface area contributed by atoms with Crippen molar-refractivity contribution in [3.8, 4) is 5.75 Å². The fraction of sp³-hybridized carbons (Fsp3) is 0.385. The summed E-state index contributed by atoms with van der Waals surface area (Å²) in [7, 11) is -1.000. The number of aromatic nitrogens is 2. The smallest absolute Gasteiger partial charge is 0.251 e. The van der Waals surface area contributed by atoms with Crippen LogP contribution in [-0.4, -0.2) is 67.9 Å². The topological polar surface area (TPSA) is 111 Å². The molecule has 2 aliphatic rings. The fourth-order valence-electron chi connectivity index (χ4n) is 5.00.